The van der Waals surface area contributed by atoms with Crippen LogP contribution in [0, 0.1) is 13.8 Å². The monoisotopic (exact) mass is 408 g/mol. The summed E-state index contributed by atoms with van der Waals surface area (Å²) >= 11 is 6.01. The Kier molecular flexibility index (Phi) is 6.55. The van der Waals surface area contributed by atoms with Gasteiger partial charge in [0, 0.05) is 28.9 Å². The summed E-state index contributed by atoms with van der Waals surface area (Å²) in [6.07, 6.45) is 5.34. The van der Waals surface area contributed by atoms with Crippen molar-refractivity contribution in [1.82, 2.24) is 4.57 Å². The van der Waals surface area contributed by atoms with Gasteiger partial charge in [-0.2, -0.15) is 0 Å². The van der Waals surface area contributed by atoms with E-state index < -0.39 is 5.97 Å². The SMILES string of the molecule is CCCCc1ccc(N=Cc2cc(C)n(-c3ccc(Cl)c(C(=O)O)c3)c2C)cc1. The molecule has 0 atom stereocenters. The molecule has 0 radical (unpaired) electrons. The average Bonchev–Trinajstić information content (AvgIpc) is 2.99. The molecule has 1 aromatic heterocycles. The lowest BCUT2D eigenvalue weighted by Gasteiger charge is -2.11. The van der Waals surface area contributed by atoms with Crippen LogP contribution in [0.5, 0.6) is 0 Å². The summed E-state index contributed by atoms with van der Waals surface area (Å²) in [5.41, 5.74) is 6.08. The van der Waals surface area contributed by atoms with Crippen LogP contribution >= 0.6 is 11.6 Å². The van der Waals surface area contributed by atoms with Gasteiger partial charge in [0.05, 0.1) is 16.3 Å². The van der Waals surface area contributed by atoms with E-state index in [1.807, 2.05) is 48.9 Å². The summed E-state index contributed by atoms with van der Waals surface area (Å²) in [7, 11) is 0. The number of carboxylic acid groups (broad SMARTS) is 1. The molecule has 0 saturated heterocycles. The Bertz CT molecular complexity index is 1050. The highest BCUT2D eigenvalue weighted by Gasteiger charge is 2.14. The number of halogens is 1. The van der Waals surface area contributed by atoms with E-state index in [1.54, 1.807) is 12.1 Å². The van der Waals surface area contributed by atoms with Crippen molar-refractivity contribution in [3.63, 3.8) is 0 Å². The fourth-order valence-electron chi connectivity index (χ4n) is 3.41. The largest absolute Gasteiger partial charge is 0.478 e. The number of benzene rings is 2. The number of aromatic nitrogens is 1. The van der Waals surface area contributed by atoms with Gasteiger partial charge in [-0.15, -0.1) is 0 Å². The van der Waals surface area contributed by atoms with Crippen molar-refractivity contribution in [3.05, 3.63) is 81.6 Å². The standard InChI is InChI=1S/C24H25ClN2O2/c1-4-5-6-18-7-9-20(10-8-18)26-15-19-13-16(2)27(17(19)3)21-11-12-23(25)22(14-21)24(28)29/h7-15H,4-6H2,1-3H3,(H,28,29). The van der Waals surface area contributed by atoms with Gasteiger partial charge in [0.15, 0.2) is 0 Å². The second-order valence-electron chi connectivity index (χ2n) is 7.16. The first-order chi connectivity index (χ1) is 13.9. The van der Waals surface area contributed by atoms with E-state index in [2.05, 4.69) is 24.0 Å². The van der Waals surface area contributed by atoms with Crippen molar-refractivity contribution < 1.29 is 9.90 Å². The fourth-order valence-corrected chi connectivity index (χ4v) is 3.60. The molecule has 1 N–H and O–H groups in total. The number of aliphatic imine (C=N–C) groups is 1. The van der Waals surface area contributed by atoms with E-state index in [1.165, 1.54) is 18.4 Å². The van der Waals surface area contributed by atoms with Gasteiger partial charge in [0.2, 0.25) is 0 Å². The molecule has 150 valence electrons. The zero-order chi connectivity index (χ0) is 21.0. The Morgan fingerprint density at radius 3 is 2.52 bits per heavy atom. The van der Waals surface area contributed by atoms with Crippen LogP contribution in [0.2, 0.25) is 5.02 Å². The highest BCUT2D eigenvalue weighted by Crippen LogP contribution is 2.25. The molecule has 0 aliphatic heterocycles. The topological polar surface area (TPSA) is 54.6 Å². The van der Waals surface area contributed by atoms with Crippen LogP contribution in [0.25, 0.3) is 5.69 Å². The van der Waals surface area contributed by atoms with E-state index in [4.69, 9.17) is 11.6 Å². The van der Waals surface area contributed by atoms with Gasteiger partial charge in [-0.05, 0) is 68.7 Å². The molecule has 29 heavy (non-hydrogen) atoms. The number of carbonyl (C=O) groups is 1. The molecule has 0 fully saturated rings. The molecule has 3 rings (SSSR count). The summed E-state index contributed by atoms with van der Waals surface area (Å²) in [6.45, 7) is 6.18. The molecule has 0 aliphatic carbocycles. The molecule has 0 bridgehead atoms. The molecule has 1 heterocycles. The second-order valence-corrected chi connectivity index (χ2v) is 7.57. The number of aryl methyl sites for hydroxylation is 2. The van der Waals surface area contributed by atoms with Gasteiger partial charge in [-0.1, -0.05) is 37.1 Å². The Morgan fingerprint density at radius 1 is 1.14 bits per heavy atom. The lowest BCUT2D eigenvalue weighted by Crippen LogP contribution is -2.03. The van der Waals surface area contributed by atoms with Crippen LogP contribution < -0.4 is 0 Å². The molecule has 0 aliphatic rings. The Hall–Kier alpha value is -2.85. The van der Waals surface area contributed by atoms with Gasteiger partial charge in [-0.25, -0.2) is 4.79 Å². The number of hydrogen-bond donors (Lipinski definition) is 1. The minimum absolute atomic E-state index is 0.0926. The van der Waals surface area contributed by atoms with Gasteiger partial charge in [-0.3, -0.25) is 4.99 Å². The smallest absolute Gasteiger partial charge is 0.337 e. The normalized spacial score (nSPS) is 11.3. The zero-order valence-corrected chi connectivity index (χ0v) is 17.7. The van der Waals surface area contributed by atoms with E-state index in [0.717, 1.165) is 34.7 Å². The number of carboxylic acids is 1. The molecule has 3 aromatic rings. The first-order valence-corrected chi connectivity index (χ1v) is 10.1. The lowest BCUT2D eigenvalue weighted by molar-refractivity contribution is 0.0697. The predicted octanol–water partition coefficient (Wildman–Crippen LogP) is 6.54. The average molecular weight is 409 g/mol. The van der Waals surface area contributed by atoms with Crippen molar-refractivity contribution in [1.29, 1.82) is 0 Å². The van der Waals surface area contributed by atoms with Gasteiger partial charge in [0.25, 0.3) is 0 Å². The Morgan fingerprint density at radius 2 is 1.86 bits per heavy atom. The number of hydrogen-bond acceptors (Lipinski definition) is 2. The van der Waals surface area contributed by atoms with E-state index in [-0.39, 0.29) is 10.6 Å². The molecule has 5 heteroatoms. The maximum absolute atomic E-state index is 11.4. The molecular weight excluding hydrogens is 384 g/mol. The third-order valence-electron chi connectivity index (χ3n) is 5.02. The summed E-state index contributed by atoms with van der Waals surface area (Å²) in [5.74, 6) is -1.04. The highest BCUT2D eigenvalue weighted by molar-refractivity contribution is 6.33. The minimum Gasteiger partial charge on any atom is -0.478 e. The van der Waals surface area contributed by atoms with E-state index >= 15 is 0 Å². The maximum Gasteiger partial charge on any atom is 0.337 e. The van der Waals surface area contributed by atoms with Crippen LogP contribution in [-0.4, -0.2) is 21.9 Å². The fraction of sp³-hybridized carbons (Fsp3) is 0.250. The highest BCUT2D eigenvalue weighted by atomic mass is 35.5. The quantitative estimate of drug-likeness (QED) is 0.451. The number of unbranched alkanes of at least 4 members (excludes halogenated alkanes) is 1. The second kappa shape index (κ2) is 9.10. The van der Waals surface area contributed by atoms with Crippen molar-refractivity contribution >= 4 is 29.5 Å². The minimum atomic E-state index is -1.04. The molecule has 0 saturated carbocycles. The molecule has 4 nitrogen and oxygen atoms in total. The van der Waals surface area contributed by atoms with Crippen molar-refractivity contribution in [2.75, 3.05) is 0 Å². The maximum atomic E-state index is 11.4. The third kappa shape index (κ3) is 4.77. The number of aromatic carboxylic acids is 1. The van der Waals surface area contributed by atoms with E-state index in [0.29, 0.717) is 0 Å². The van der Waals surface area contributed by atoms with Gasteiger partial charge in [0.1, 0.15) is 0 Å². The predicted molar refractivity (Wildman–Crippen MR) is 120 cm³/mol. The molecule has 0 spiro atoms. The van der Waals surface area contributed by atoms with Crippen LogP contribution in [0.3, 0.4) is 0 Å². The summed E-state index contributed by atoms with van der Waals surface area (Å²) in [6, 6.07) is 15.4. The number of rotatable bonds is 7. The Balaban J connectivity index is 1.87. The zero-order valence-electron chi connectivity index (χ0n) is 16.9. The summed E-state index contributed by atoms with van der Waals surface area (Å²) in [5, 5.41) is 9.57. The van der Waals surface area contributed by atoms with Crippen molar-refractivity contribution in [2.24, 2.45) is 4.99 Å². The van der Waals surface area contributed by atoms with Gasteiger partial charge >= 0.3 is 5.97 Å². The summed E-state index contributed by atoms with van der Waals surface area (Å²) in [4.78, 5) is 16.0. The molecular formula is C24H25ClN2O2. The Labute approximate surface area is 176 Å². The molecule has 0 unspecified atom stereocenters. The third-order valence-corrected chi connectivity index (χ3v) is 5.35. The van der Waals surface area contributed by atoms with Crippen molar-refractivity contribution in [3.8, 4) is 5.69 Å². The van der Waals surface area contributed by atoms with E-state index in [9.17, 15) is 9.90 Å². The van der Waals surface area contributed by atoms with Crippen LogP contribution in [0.4, 0.5) is 5.69 Å². The van der Waals surface area contributed by atoms with Crippen LogP contribution in [-0.2, 0) is 6.42 Å². The van der Waals surface area contributed by atoms with Crippen molar-refractivity contribution in [2.45, 2.75) is 40.0 Å². The van der Waals surface area contributed by atoms with Gasteiger partial charge < -0.3 is 9.67 Å². The molecule has 2 aromatic carbocycles. The first kappa shape index (κ1) is 20.9. The molecule has 0 amide bonds. The summed E-state index contributed by atoms with van der Waals surface area (Å²) < 4.78 is 2.01. The number of nitrogens with zero attached hydrogens (tertiary/aromatic N) is 2. The van der Waals surface area contributed by atoms with Crippen LogP contribution in [0.15, 0.2) is 53.5 Å². The first-order valence-electron chi connectivity index (χ1n) is 9.76. The van der Waals surface area contributed by atoms with Crippen LogP contribution in [0.1, 0.15) is 52.6 Å². The lowest BCUT2D eigenvalue weighted by atomic mass is 10.1.